The number of rotatable bonds is 8. The Balaban J connectivity index is 1.63. The summed E-state index contributed by atoms with van der Waals surface area (Å²) in [5, 5.41) is 9.03. The van der Waals surface area contributed by atoms with Crippen LogP contribution in [0.2, 0.25) is 0 Å². The second-order valence-corrected chi connectivity index (χ2v) is 10.3. The molecule has 0 aliphatic carbocycles. The molecule has 0 saturated carbocycles. The first-order chi connectivity index (χ1) is 19.1. The van der Waals surface area contributed by atoms with Gasteiger partial charge in [-0.05, 0) is 60.9 Å². The number of piperidine rings is 1. The molecule has 4 rings (SSSR count). The van der Waals surface area contributed by atoms with Crippen molar-refractivity contribution in [3.63, 3.8) is 0 Å². The van der Waals surface area contributed by atoms with Gasteiger partial charge in [-0.2, -0.15) is 5.26 Å². The van der Waals surface area contributed by atoms with Crippen molar-refractivity contribution in [1.82, 2.24) is 9.88 Å². The van der Waals surface area contributed by atoms with Crippen LogP contribution in [0.1, 0.15) is 55.8 Å². The zero-order valence-corrected chi connectivity index (χ0v) is 23.3. The predicted octanol–water partition coefficient (Wildman–Crippen LogP) is 4.52. The molecule has 1 saturated heterocycles. The van der Waals surface area contributed by atoms with Crippen molar-refractivity contribution >= 4 is 17.6 Å². The van der Waals surface area contributed by atoms with Gasteiger partial charge in [0.1, 0.15) is 11.5 Å². The van der Waals surface area contributed by atoms with Crippen molar-refractivity contribution in [3.8, 4) is 17.3 Å². The molecule has 2 N–H and O–H groups in total. The predicted molar refractivity (Wildman–Crippen MR) is 152 cm³/mol. The summed E-state index contributed by atoms with van der Waals surface area (Å²) in [7, 11) is 3.51. The van der Waals surface area contributed by atoms with Crippen molar-refractivity contribution in [1.29, 1.82) is 5.26 Å². The fourth-order valence-electron chi connectivity index (χ4n) is 5.11. The Kier molecular flexibility index (Phi) is 8.50. The number of methoxy groups -OCH3 is 1. The third-order valence-corrected chi connectivity index (χ3v) is 7.60. The monoisotopic (exact) mass is 543 g/mol. The highest BCUT2D eigenvalue weighted by Crippen LogP contribution is 2.38. The van der Waals surface area contributed by atoms with Crippen molar-refractivity contribution in [2.45, 2.75) is 32.4 Å². The van der Waals surface area contributed by atoms with Crippen LogP contribution in [0.15, 0.2) is 48.5 Å². The number of nitrogens with zero attached hydrogens (tertiary/aromatic N) is 4. The first-order valence-electron chi connectivity index (χ1n) is 13.2. The number of aromatic nitrogens is 1. The lowest BCUT2D eigenvalue weighted by molar-refractivity contribution is 0.0421. The van der Waals surface area contributed by atoms with E-state index in [2.05, 4.69) is 0 Å². The molecule has 1 aliphatic rings. The molecule has 40 heavy (non-hydrogen) atoms. The van der Waals surface area contributed by atoms with Crippen molar-refractivity contribution < 1.29 is 18.7 Å². The lowest BCUT2D eigenvalue weighted by atomic mass is 9.85. The zero-order valence-electron chi connectivity index (χ0n) is 23.3. The number of alkyl halides is 1. The number of aryl methyl sites for hydroxylation is 2. The lowest BCUT2D eigenvalue weighted by Gasteiger charge is -2.37. The number of benzene rings is 2. The highest BCUT2D eigenvalue weighted by atomic mass is 19.1. The van der Waals surface area contributed by atoms with Crippen LogP contribution in [-0.4, -0.2) is 62.1 Å². The van der Waals surface area contributed by atoms with E-state index in [9.17, 15) is 9.59 Å². The molecule has 9 heteroatoms. The second kappa shape index (κ2) is 11.8. The molecule has 1 aromatic heterocycles. The van der Waals surface area contributed by atoms with Crippen LogP contribution in [0.25, 0.3) is 11.3 Å². The summed E-state index contributed by atoms with van der Waals surface area (Å²) < 4.78 is 21.0. The molecule has 0 spiro atoms. The highest BCUT2D eigenvalue weighted by molar-refractivity contribution is 6.01. The quantitative estimate of drug-likeness (QED) is 0.447. The summed E-state index contributed by atoms with van der Waals surface area (Å²) in [6.07, 6.45) is 0.317. The van der Waals surface area contributed by atoms with E-state index < -0.39 is 11.6 Å². The van der Waals surface area contributed by atoms with Gasteiger partial charge in [0.25, 0.3) is 11.8 Å². The van der Waals surface area contributed by atoms with Crippen LogP contribution in [0.4, 0.5) is 10.2 Å². The lowest BCUT2D eigenvalue weighted by Crippen LogP contribution is -2.43. The number of carbonyl (C=O) groups excluding carboxylic acids is 2. The van der Waals surface area contributed by atoms with Crippen LogP contribution >= 0.6 is 0 Å². The molecule has 1 fully saturated rings. The summed E-state index contributed by atoms with van der Waals surface area (Å²) in [4.78, 5) is 34.4. The molecule has 0 bridgehead atoms. The van der Waals surface area contributed by atoms with Gasteiger partial charge in [0, 0.05) is 57.8 Å². The van der Waals surface area contributed by atoms with E-state index in [1.54, 1.807) is 54.5 Å². The number of hydrogen-bond acceptors (Lipinski definition) is 6. The molecule has 0 atom stereocenters. The Morgan fingerprint density at radius 2 is 1.77 bits per heavy atom. The van der Waals surface area contributed by atoms with E-state index in [4.69, 9.17) is 20.7 Å². The number of carbonyl (C=O) groups is 2. The van der Waals surface area contributed by atoms with Crippen molar-refractivity contribution in [3.05, 3.63) is 81.9 Å². The Labute approximate surface area is 234 Å². The van der Waals surface area contributed by atoms with Gasteiger partial charge in [-0.25, -0.2) is 9.37 Å². The summed E-state index contributed by atoms with van der Waals surface area (Å²) in [5.74, 6) is -0.169. The van der Waals surface area contributed by atoms with Gasteiger partial charge in [-0.1, -0.05) is 18.2 Å². The van der Waals surface area contributed by atoms with Gasteiger partial charge in [-0.15, -0.1) is 0 Å². The summed E-state index contributed by atoms with van der Waals surface area (Å²) in [6.45, 7) is 5.38. The SMILES string of the molecule is COCCN(C)c1ccc(C(N)=O)c(-c2cc(C(=O)N3CCC(F)(c4ccc(C#N)cc4)CC3)c(C)cc2C)n1. The smallest absolute Gasteiger partial charge is 0.254 e. The summed E-state index contributed by atoms with van der Waals surface area (Å²) in [5.41, 5.74) is 8.55. The maximum Gasteiger partial charge on any atom is 0.254 e. The Bertz CT molecular complexity index is 1460. The maximum absolute atomic E-state index is 15.8. The summed E-state index contributed by atoms with van der Waals surface area (Å²) in [6, 6.07) is 15.6. The number of primary amides is 1. The number of nitriles is 1. The largest absolute Gasteiger partial charge is 0.383 e. The average Bonchev–Trinajstić information content (AvgIpc) is 2.95. The molecule has 1 aliphatic heterocycles. The molecule has 2 amide bonds. The number of likely N-dealkylation sites (tertiary alicyclic amines) is 1. The van der Waals surface area contributed by atoms with Gasteiger partial charge >= 0.3 is 0 Å². The number of nitrogens with two attached hydrogens (primary N) is 1. The van der Waals surface area contributed by atoms with E-state index in [0.29, 0.717) is 46.9 Å². The van der Waals surface area contributed by atoms with E-state index in [0.717, 1.165) is 11.1 Å². The molecule has 0 radical (unpaired) electrons. The Morgan fingerprint density at radius 3 is 2.38 bits per heavy atom. The second-order valence-electron chi connectivity index (χ2n) is 10.3. The molecule has 3 aromatic rings. The van der Waals surface area contributed by atoms with E-state index in [1.165, 1.54) is 0 Å². The Morgan fingerprint density at radius 1 is 1.10 bits per heavy atom. The minimum atomic E-state index is -1.56. The van der Waals surface area contributed by atoms with Crippen LogP contribution < -0.4 is 10.6 Å². The van der Waals surface area contributed by atoms with Crippen molar-refractivity contribution in [2.75, 3.05) is 45.3 Å². The zero-order chi connectivity index (χ0) is 29.0. The number of pyridine rings is 1. The number of likely N-dealkylation sites (N-methyl/N-ethyl adjacent to an activating group) is 1. The molecule has 8 nitrogen and oxygen atoms in total. The first kappa shape index (κ1) is 28.7. The standard InChI is InChI=1S/C31H34FN5O3/c1-20-17-21(2)26(18-25(20)28-24(29(34)38)9-10-27(35-28)36(3)15-16-40-4)30(39)37-13-11-31(32,12-14-37)23-7-5-22(19-33)6-8-23/h5-10,17-18H,11-16H2,1-4H3,(H2,34,38). The average molecular weight is 544 g/mol. The maximum atomic E-state index is 15.8. The van der Waals surface area contributed by atoms with Gasteiger partial charge in [0.05, 0.1) is 29.5 Å². The number of anilines is 1. The fraction of sp³-hybridized carbons (Fsp3) is 0.355. The molecular formula is C31H34FN5O3. The normalized spacial score (nSPS) is 14.4. The van der Waals surface area contributed by atoms with Gasteiger partial charge in [-0.3, -0.25) is 9.59 Å². The van der Waals surface area contributed by atoms with Crippen LogP contribution in [0.3, 0.4) is 0 Å². The Hall–Kier alpha value is -4.29. The minimum absolute atomic E-state index is 0.158. The third-order valence-electron chi connectivity index (χ3n) is 7.60. The number of amides is 2. The van der Waals surface area contributed by atoms with E-state index >= 15 is 4.39 Å². The highest BCUT2D eigenvalue weighted by Gasteiger charge is 2.38. The van der Waals surface area contributed by atoms with Gasteiger partial charge in [0.2, 0.25) is 0 Å². The molecule has 2 heterocycles. The van der Waals surface area contributed by atoms with E-state index in [1.807, 2.05) is 37.9 Å². The first-order valence-corrected chi connectivity index (χ1v) is 13.2. The van der Waals surface area contributed by atoms with Crippen LogP contribution in [-0.2, 0) is 10.4 Å². The summed E-state index contributed by atoms with van der Waals surface area (Å²) >= 11 is 0. The number of hydrogen-bond donors (Lipinski definition) is 1. The van der Waals surface area contributed by atoms with E-state index in [-0.39, 0.29) is 37.4 Å². The third kappa shape index (κ3) is 5.82. The number of ether oxygens (including phenoxy) is 1. The van der Waals surface area contributed by atoms with Crippen LogP contribution in [0, 0.1) is 25.2 Å². The fourth-order valence-corrected chi connectivity index (χ4v) is 5.11. The minimum Gasteiger partial charge on any atom is -0.383 e. The molecule has 2 aromatic carbocycles. The van der Waals surface area contributed by atoms with Gasteiger partial charge in [0.15, 0.2) is 0 Å². The van der Waals surface area contributed by atoms with Gasteiger partial charge < -0.3 is 20.3 Å². The number of halogens is 1. The van der Waals surface area contributed by atoms with Crippen molar-refractivity contribution in [2.24, 2.45) is 5.73 Å². The molecule has 0 unspecified atom stereocenters. The van der Waals surface area contributed by atoms with Crippen LogP contribution in [0.5, 0.6) is 0 Å². The molecular weight excluding hydrogens is 509 g/mol. The molecule has 208 valence electrons. The topological polar surface area (TPSA) is 113 Å².